The van der Waals surface area contributed by atoms with Gasteiger partial charge in [-0.15, -0.1) is 0 Å². The number of hydrogen-bond donors (Lipinski definition) is 1. The molecule has 0 heterocycles. The van der Waals surface area contributed by atoms with Crippen LogP contribution >= 0.6 is 0 Å². The molecule has 100 valence electrons. The van der Waals surface area contributed by atoms with Crippen molar-refractivity contribution in [3.05, 3.63) is 70.0 Å². The minimum Gasteiger partial charge on any atom is -0.309 e. The van der Waals surface area contributed by atoms with Gasteiger partial charge in [0.25, 0.3) is 0 Å². The lowest BCUT2D eigenvalue weighted by molar-refractivity contribution is 0.574. The van der Waals surface area contributed by atoms with Crippen molar-refractivity contribution in [3.8, 4) is 0 Å². The minimum absolute atomic E-state index is 0.109. The maximum atomic E-state index is 14.0. The average molecular weight is 257 g/mol. The number of rotatable bonds is 3. The maximum absolute atomic E-state index is 14.0. The molecule has 1 N–H and O–H groups in total. The van der Waals surface area contributed by atoms with Crippen LogP contribution in [-0.2, 0) is 0 Å². The summed E-state index contributed by atoms with van der Waals surface area (Å²) >= 11 is 0. The molecule has 1 nitrogen and oxygen atoms in total. The zero-order chi connectivity index (χ0) is 14.0. The van der Waals surface area contributed by atoms with Crippen molar-refractivity contribution in [1.82, 2.24) is 5.32 Å². The summed E-state index contributed by atoms with van der Waals surface area (Å²) in [5.74, 6) is -0.166. The molecular weight excluding hydrogens is 237 g/mol. The molecule has 19 heavy (non-hydrogen) atoms. The van der Waals surface area contributed by atoms with Crippen molar-refractivity contribution in [2.45, 2.75) is 26.8 Å². The van der Waals surface area contributed by atoms with Crippen LogP contribution in [0.15, 0.2) is 36.4 Å². The number of hydrogen-bond acceptors (Lipinski definition) is 1. The second-order valence-corrected chi connectivity index (χ2v) is 5.06. The van der Waals surface area contributed by atoms with Crippen molar-refractivity contribution in [1.29, 1.82) is 0 Å². The van der Waals surface area contributed by atoms with Gasteiger partial charge in [0, 0.05) is 5.56 Å². The van der Waals surface area contributed by atoms with Crippen molar-refractivity contribution in [2.24, 2.45) is 0 Å². The first-order valence-electron chi connectivity index (χ1n) is 6.54. The summed E-state index contributed by atoms with van der Waals surface area (Å²) < 4.78 is 14.0. The van der Waals surface area contributed by atoms with Crippen LogP contribution in [0.1, 0.15) is 33.9 Å². The van der Waals surface area contributed by atoms with Crippen LogP contribution in [0.4, 0.5) is 4.39 Å². The van der Waals surface area contributed by atoms with Crippen LogP contribution in [0, 0.1) is 26.6 Å². The lowest BCUT2D eigenvalue weighted by atomic mass is 9.90. The highest BCUT2D eigenvalue weighted by Crippen LogP contribution is 2.29. The summed E-state index contributed by atoms with van der Waals surface area (Å²) in [5, 5.41) is 3.24. The maximum Gasteiger partial charge on any atom is 0.128 e. The van der Waals surface area contributed by atoms with Gasteiger partial charge in [-0.25, -0.2) is 4.39 Å². The monoisotopic (exact) mass is 257 g/mol. The third-order valence-electron chi connectivity index (χ3n) is 3.53. The zero-order valence-corrected chi connectivity index (χ0v) is 11.9. The Hall–Kier alpha value is -1.67. The molecule has 0 saturated heterocycles. The number of halogens is 1. The molecular formula is C17H20FN. The highest BCUT2D eigenvalue weighted by Gasteiger charge is 2.19. The lowest BCUT2D eigenvalue weighted by Crippen LogP contribution is -2.21. The molecule has 2 aromatic rings. The highest BCUT2D eigenvalue weighted by atomic mass is 19.1. The average Bonchev–Trinajstić information content (AvgIpc) is 2.34. The van der Waals surface area contributed by atoms with Gasteiger partial charge in [0.2, 0.25) is 0 Å². The van der Waals surface area contributed by atoms with E-state index >= 15 is 0 Å². The van der Waals surface area contributed by atoms with E-state index in [0.717, 1.165) is 0 Å². The zero-order valence-electron chi connectivity index (χ0n) is 11.9. The molecule has 0 aliphatic rings. The van der Waals surface area contributed by atoms with Crippen molar-refractivity contribution in [2.75, 3.05) is 7.05 Å². The van der Waals surface area contributed by atoms with Gasteiger partial charge >= 0.3 is 0 Å². The molecule has 0 spiro atoms. The van der Waals surface area contributed by atoms with E-state index in [1.807, 2.05) is 19.2 Å². The van der Waals surface area contributed by atoms with E-state index in [1.54, 1.807) is 6.07 Å². The third kappa shape index (κ3) is 2.69. The van der Waals surface area contributed by atoms with Gasteiger partial charge in [-0.05, 0) is 50.6 Å². The number of benzene rings is 2. The fourth-order valence-corrected chi connectivity index (χ4v) is 2.81. The molecule has 1 unspecified atom stereocenters. The van der Waals surface area contributed by atoms with Gasteiger partial charge in [-0.2, -0.15) is 0 Å². The molecule has 0 aromatic heterocycles. The molecule has 2 aromatic carbocycles. The largest absolute Gasteiger partial charge is 0.309 e. The molecule has 0 radical (unpaired) electrons. The molecule has 0 aliphatic heterocycles. The van der Waals surface area contributed by atoms with Crippen LogP contribution in [0.5, 0.6) is 0 Å². The summed E-state index contributed by atoms with van der Waals surface area (Å²) in [6.07, 6.45) is 0. The van der Waals surface area contributed by atoms with Crippen molar-refractivity contribution in [3.63, 3.8) is 0 Å². The predicted octanol–water partition coefficient (Wildman–Crippen LogP) is 4.06. The third-order valence-corrected chi connectivity index (χ3v) is 3.53. The Bertz CT molecular complexity index is 567. The van der Waals surface area contributed by atoms with Gasteiger partial charge in [-0.1, -0.05) is 35.9 Å². The van der Waals surface area contributed by atoms with E-state index in [2.05, 4.69) is 38.2 Å². The SMILES string of the molecule is CNC(c1ccccc1F)c1c(C)cc(C)cc1C. The van der Waals surface area contributed by atoms with Crippen LogP contribution < -0.4 is 5.32 Å². The Labute approximate surface area is 114 Å². The van der Waals surface area contributed by atoms with E-state index in [9.17, 15) is 4.39 Å². The molecule has 0 aliphatic carbocycles. The quantitative estimate of drug-likeness (QED) is 0.874. The van der Waals surface area contributed by atoms with E-state index < -0.39 is 0 Å². The lowest BCUT2D eigenvalue weighted by Gasteiger charge is -2.22. The Morgan fingerprint density at radius 2 is 1.58 bits per heavy atom. The molecule has 2 rings (SSSR count). The minimum atomic E-state index is -0.166. The molecule has 1 atom stereocenters. The van der Waals surface area contributed by atoms with Crippen LogP contribution in [-0.4, -0.2) is 7.05 Å². The summed E-state index contributed by atoms with van der Waals surface area (Å²) in [6.45, 7) is 6.25. The fraction of sp³-hybridized carbons (Fsp3) is 0.294. The van der Waals surface area contributed by atoms with Crippen LogP contribution in [0.2, 0.25) is 0 Å². The highest BCUT2D eigenvalue weighted by molar-refractivity contribution is 5.44. The fourth-order valence-electron chi connectivity index (χ4n) is 2.81. The second kappa shape index (κ2) is 5.54. The van der Waals surface area contributed by atoms with E-state index in [4.69, 9.17) is 0 Å². The van der Waals surface area contributed by atoms with Crippen LogP contribution in [0.3, 0.4) is 0 Å². The Morgan fingerprint density at radius 1 is 1.00 bits per heavy atom. The van der Waals surface area contributed by atoms with E-state index in [1.165, 1.54) is 28.3 Å². The first-order chi connectivity index (χ1) is 9.04. The molecule has 0 fully saturated rings. The molecule has 0 amide bonds. The molecule has 2 heteroatoms. The smallest absolute Gasteiger partial charge is 0.128 e. The summed E-state index contributed by atoms with van der Waals surface area (Å²) in [4.78, 5) is 0. The topological polar surface area (TPSA) is 12.0 Å². The van der Waals surface area contributed by atoms with E-state index in [-0.39, 0.29) is 11.9 Å². The first kappa shape index (κ1) is 13.8. The van der Waals surface area contributed by atoms with Crippen LogP contribution in [0.25, 0.3) is 0 Å². The van der Waals surface area contributed by atoms with Crippen molar-refractivity contribution < 1.29 is 4.39 Å². The second-order valence-electron chi connectivity index (χ2n) is 5.06. The Balaban J connectivity index is 2.58. The summed E-state index contributed by atoms with van der Waals surface area (Å²) in [7, 11) is 1.87. The van der Waals surface area contributed by atoms with E-state index in [0.29, 0.717) is 5.56 Å². The Morgan fingerprint density at radius 3 is 2.11 bits per heavy atom. The van der Waals surface area contributed by atoms with Gasteiger partial charge < -0.3 is 5.32 Å². The van der Waals surface area contributed by atoms with Gasteiger partial charge in [0.1, 0.15) is 5.82 Å². The van der Waals surface area contributed by atoms with Crippen molar-refractivity contribution >= 4 is 0 Å². The Kier molecular flexibility index (Phi) is 4.01. The first-order valence-corrected chi connectivity index (χ1v) is 6.54. The summed E-state index contributed by atoms with van der Waals surface area (Å²) in [5.41, 5.74) is 5.49. The van der Waals surface area contributed by atoms with Gasteiger partial charge in [0.15, 0.2) is 0 Å². The molecule has 0 bridgehead atoms. The summed E-state index contributed by atoms with van der Waals surface area (Å²) in [6, 6.07) is 11.1. The standard InChI is InChI=1S/C17H20FN/c1-11-9-12(2)16(13(3)10-11)17(19-4)14-7-5-6-8-15(14)18/h5-10,17,19H,1-4H3. The number of aryl methyl sites for hydroxylation is 3. The van der Waals surface area contributed by atoms with Gasteiger partial charge in [0.05, 0.1) is 6.04 Å². The predicted molar refractivity (Wildman–Crippen MR) is 78.0 cm³/mol. The van der Waals surface area contributed by atoms with Gasteiger partial charge in [-0.3, -0.25) is 0 Å². The normalized spacial score (nSPS) is 12.5. The molecule has 0 saturated carbocycles. The number of nitrogens with one attached hydrogen (secondary N) is 1.